The highest BCUT2D eigenvalue weighted by molar-refractivity contribution is 5.78. The first-order chi connectivity index (χ1) is 11.2. The van der Waals surface area contributed by atoms with Crippen LogP contribution in [0.2, 0.25) is 0 Å². The first-order valence-corrected chi connectivity index (χ1v) is 8.26. The zero-order chi connectivity index (χ0) is 15.7. The molecular weight excluding hydrogens is 290 g/mol. The molecule has 1 atom stereocenters. The van der Waals surface area contributed by atoms with Crippen LogP contribution in [0, 0.1) is 0 Å². The predicted molar refractivity (Wildman–Crippen MR) is 88.1 cm³/mol. The number of alkyl carbamates (subject to hydrolysis) is 1. The van der Waals surface area contributed by atoms with Gasteiger partial charge in [-0.1, -0.05) is 24.3 Å². The second kappa shape index (κ2) is 5.81. The van der Waals surface area contributed by atoms with Crippen molar-refractivity contribution < 1.29 is 9.53 Å². The van der Waals surface area contributed by atoms with Gasteiger partial charge in [0.2, 0.25) is 0 Å². The second-order valence-electron chi connectivity index (χ2n) is 6.55. The Morgan fingerprint density at radius 2 is 2.09 bits per heavy atom. The molecule has 2 saturated heterocycles. The number of nitrogens with zero attached hydrogens (tertiary/aromatic N) is 2. The van der Waals surface area contributed by atoms with Crippen LogP contribution in [0.3, 0.4) is 0 Å². The highest BCUT2D eigenvalue weighted by atomic mass is 16.6. The largest absolute Gasteiger partial charge is 0.441 e. The third-order valence-corrected chi connectivity index (χ3v) is 4.90. The van der Waals surface area contributed by atoms with E-state index in [0.717, 1.165) is 50.1 Å². The summed E-state index contributed by atoms with van der Waals surface area (Å²) in [5.74, 6) is 0. The number of para-hydroxylation sites is 1. The molecule has 0 bridgehead atoms. The number of likely N-dealkylation sites (tertiary alicyclic amines) is 1. The van der Waals surface area contributed by atoms with E-state index >= 15 is 0 Å². The van der Waals surface area contributed by atoms with Gasteiger partial charge in [-0.3, -0.25) is 9.88 Å². The SMILES string of the molecule is O=C1NC[C@@]2(CCCN(Cc3ccc4ccccc4n3)CC2)O1. The predicted octanol–water partition coefficient (Wildman–Crippen LogP) is 2.70. The first-order valence-electron chi connectivity index (χ1n) is 8.26. The Hall–Kier alpha value is -2.14. The van der Waals surface area contributed by atoms with Gasteiger partial charge in [-0.2, -0.15) is 0 Å². The molecule has 1 aromatic carbocycles. The van der Waals surface area contributed by atoms with Gasteiger partial charge in [-0.05, 0) is 31.5 Å². The summed E-state index contributed by atoms with van der Waals surface area (Å²) in [7, 11) is 0. The maximum Gasteiger partial charge on any atom is 0.407 e. The number of fused-ring (bicyclic) bond motifs is 1. The molecule has 1 amide bonds. The van der Waals surface area contributed by atoms with E-state index in [-0.39, 0.29) is 11.7 Å². The zero-order valence-electron chi connectivity index (χ0n) is 13.1. The molecule has 0 aliphatic carbocycles. The van der Waals surface area contributed by atoms with Crippen molar-refractivity contribution in [2.45, 2.75) is 31.4 Å². The highest BCUT2D eigenvalue weighted by Crippen LogP contribution is 2.29. The molecule has 2 fully saturated rings. The third-order valence-electron chi connectivity index (χ3n) is 4.90. The number of ether oxygens (including phenoxy) is 1. The average Bonchev–Trinajstić information content (AvgIpc) is 2.82. The smallest absolute Gasteiger partial charge is 0.407 e. The second-order valence-corrected chi connectivity index (χ2v) is 6.55. The highest BCUT2D eigenvalue weighted by Gasteiger charge is 2.41. The number of amides is 1. The molecule has 2 aromatic rings. The lowest BCUT2D eigenvalue weighted by Crippen LogP contribution is -2.34. The summed E-state index contributed by atoms with van der Waals surface area (Å²) in [6.45, 7) is 3.45. The number of carbonyl (C=O) groups excluding carboxylic acids is 1. The molecule has 1 aromatic heterocycles. The maximum atomic E-state index is 11.4. The Kier molecular flexibility index (Phi) is 3.65. The van der Waals surface area contributed by atoms with Gasteiger partial charge in [-0.15, -0.1) is 0 Å². The van der Waals surface area contributed by atoms with Crippen molar-refractivity contribution in [3.05, 3.63) is 42.1 Å². The number of benzene rings is 1. The minimum Gasteiger partial charge on any atom is -0.441 e. The lowest BCUT2D eigenvalue weighted by Gasteiger charge is -2.24. The molecule has 23 heavy (non-hydrogen) atoms. The summed E-state index contributed by atoms with van der Waals surface area (Å²) in [6, 6.07) is 12.5. The van der Waals surface area contributed by atoms with E-state index in [1.54, 1.807) is 0 Å². The van der Waals surface area contributed by atoms with E-state index in [9.17, 15) is 4.79 Å². The minimum atomic E-state index is -0.289. The number of nitrogens with one attached hydrogen (secondary N) is 1. The van der Waals surface area contributed by atoms with E-state index in [0.29, 0.717) is 6.54 Å². The van der Waals surface area contributed by atoms with E-state index in [4.69, 9.17) is 9.72 Å². The monoisotopic (exact) mass is 311 g/mol. The Morgan fingerprint density at radius 3 is 2.96 bits per heavy atom. The van der Waals surface area contributed by atoms with Crippen LogP contribution < -0.4 is 5.32 Å². The molecule has 2 aliphatic heterocycles. The molecule has 2 aliphatic rings. The van der Waals surface area contributed by atoms with Crippen molar-refractivity contribution in [2.24, 2.45) is 0 Å². The van der Waals surface area contributed by atoms with E-state index in [1.807, 2.05) is 12.1 Å². The Labute approximate surface area is 135 Å². The number of rotatable bonds is 2. The average molecular weight is 311 g/mol. The van der Waals surface area contributed by atoms with Gasteiger partial charge in [0.05, 0.1) is 17.8 Å². The Balaban J connectivity index is 1.45. The van der Waals surface area contributed by atoms with Gasteiger partial charge < -0.3 is 10.1 Å². The summed E-state index contributed by atoms with van der Waals surface area (Å²) in [4.78, 5) is 18.5. The molecule has 0 saturated carbocycles. The van der Waals surface area contributed by atoms with Crippen LogP contribution in [0.15, 0.2) is 36.4 Å². The topological polar surface area (TPSA) is 54.5 Å². The summed E-state index contributed by atoms with van der Waals surface area (Å²) in [5, 5.41) is 3.98. The summed E-state index contributed by atoms with van der Waals surface area (Å²) in [6.07, 6.45) is 2.60. The van der Waals surface area contributed by atoms with Gasteiger partial charge in [0, 0.05) is 24.9 Å². The van der Waals surface area contributed by atoms with Crippen molar-refractivity contribution in [3.63, 3.8) is 0 Å². The van der Waals surface area contributed by atoms with Crippen molar-refractivity contribution in [1.82, 2.24) is 15.2 Å². The number of hydrogen-bond donors (Lipinski definition) is 1. The third kappa shape index (κ3) is 3.01. The molecule has 5 nitrogen and oxygen atoms in total. The summed E-state index contributed by atoms with van der Waals surface area (Å²) < 4.78 is 5.53. The molecule has 1 N–H and O–H groups in total. The van der Waals surface area contributed by atoms with Crippen LogP contribution in [0.4, 0.5) is 4.79 Å². The number of aromatic nitrogens is 1. The van der Waals surface area contributed by atoms with Crippen molar-refractivity contribution in [2.75, 3.05) is 19.6 Å². The quantitative estimate of drug-likeness (QED) is 0.926. The van der Waals surface area contributed by atoms with Gasteiger partial charge in [0.15, 0.2) is 0 Å². The molecule has 1 spiro atoms. The molecule has 5 heteroatoms. The van der Waals surface area contributed by atoms with E-state index in [1.165, 1.54) is 5.39 Å². The standard InChI is InChI=1S/C18H21N3O2/c22-17-19-13-18(23-17)8-3-10-21(11-9-18)12-15-7-6-14-4-1-2-5-16(14)20-15/h1-2,4-7H,3,8-13H2,(H,19,22)/t18-/m0/s1. The normalized spacial score (nSPS) is 25.3. The fraction of sp³-hybridized carbons (Fsp3) is 0.444. The lowest BCUT2D eigenvalue weighted by molar-refractivity contribution is 0.0443. The zero-order valence-corrected chi connectivity index (χ0v) is 13.1. The van der Waals surface area contributed by atoms with Crippen molar-refractivity contribution in [3.8, 4) is 0 Å². The molecule has 120 valence electrons. The Bertz CT molecular complexity index is 733. The van der Waals surface area contributed by atoms with Crippen LogP contribution in [0.5, 0.6) is 0 Å². The van der Waals surface area contributed by atoms with Crippen LogP contribution in [-0.2, 0) is 11.3 Å². The maximum absolute atomic E-state index is 11.4. The molecule has 0 radical (unpaired) electrons. The fourth-order valence-electron chi connectivity index (χ4n) is 3.59. The van der Waals surface area contributed by atoms with Gasteiger partial charge in [0.25, 0.3) is 0 Å². The molecule has 4 rings (SSSR count). The van der Waals surface area contributed by atoms with Gasteiger partial charge in [0.1, 0.15) is 5.60 Å². The molecular formula is C18H21N3O2. The van der Waals surface area contributed by atoms with Crippen LogP contribution in [-0.4, -0.2) is 41.2 Å². The lowest BCUT2D eigenvalue weighted by atomic mass is 9.95. The summed E-state index contributed by atoms with van der Waals surface area (Å²) >= 11 is 0. The van der Waals surface area contributed by atoms with Crippen molar-refractivity contribution >= 4 is 17.0 Å². The van der Waals surface area contributed by atoms with E-state index in [2.05, 4.69) is 34.5 Å². The van der Waals surface area contributed by atoms with Crippen molar-refractivity contribution in [1.29, 1.82) is 0 Å². The Morgan fingerprint density at radius 1 is 1.17 bits per heavy atom. The number of hydrogen-bond acceptors (Lipinski definition) is 4. The van der Waals surface area contributed by atoms with Gasteiger partial charge >= 0.3 is 6.09 Å². The molecule has 0 unspecified atom stereocenters. The number of carbonyl (C=O) groups is 1. The first kappa shape index (κ1) is 14.5. The van der Waals surface area contributed by atoms with Gasteiger partial charge in [-0.25, -0.2) is 4.79 Å². The molecule has 3 heterocycles. The summed E-state index contributed by atoms with van der Waals surface area (Å²) in [5.41, 5.74) is 1.86. The number of pyridine rings is 1. The van der Waals surface area contributed by atoms with Crippen LogP contribution >= 0.6 is 0 Å². The van der Waals surface area contributed by atoms with Crippen LogP contribution in [0.1, 0.15) is 25.0 Å². The van der Waals surface area contributed by atoms with E-state index < -0.39 is 0 Å². The fourth-order valence-corrected chi connectivity index (χ4v) is 3.59. The van der Waals surface area contributed by atoms with Crippen LogP contribution in [0.25, 0.3) is 10.9 Å². The minimum absolute atomic E-state index is 0.269.